The Morgan fingerprint density at radius 1 is 1.37 bits per heavy atom. The number of likely N-dealkylation sites (N-methyl/N-ethyl adjacent to an activating group) is 1. The van der Waals surface area contributed by atoms with Gasteiger partial charge in [0.05, 0.1) is 24.0 Å². The van der Waals surface area contributed by atoms with Crippen LogP contribution in [0.25, 0.3) is 0 Å². The summed E-state index contributed by atoms with van der Waals surface area (Å²) in [6.07, 6.45) is 0. The maximum atomic E-state index is 5.19. The summed E-state index contributed by atoms with van der Waals surface area (Å²) in [7, 11) is 5.88. The van der Waals surface area contributed by atoms with Crippen molar-refractivity contribution >= 4 is 21.6 Å². The summed E-state index contributed by atoms with van der Waals surface area (Å²) in [5.74, 6) is 0. The molecule has 1 atom stereocenters. The third-order valence-electron chi connectivity index (χ3n) is 3.33. The smallest absolute Gasteiger partial charge is 0.106 e. The SMILES string of the molecule is CCN(CCOC)c1ccc(Br)nc1C(C)N(C)C. The monoisotopic (exact) mass is 329 g/mol. The highest BCUT2D eigenvalue weighted by molar-refractivity contribution is 9.10. The van der Waals surface area contributed by atoms with E-state index in [4.69, 9.17) is 4.74 Å². The molecule has 1 unspecified atom stereocenters. The average Bonchev–Trinajstić information content (AvgIpc) is 2.39. The van der Waals surface area contributed by atoms with Crippen molar-refractivity contribution in [3.8, 4) is 0 Å². The van der Waals surface area contributed by atoms with Crippen molar-refractivity contribution in [1.29, 1.82) is 0 Å². The molecule has 0 aliphatic rings. The Balaban J connectivity index is 3.10. The summed E-state index contributed by atoms with van der Waals surface area (Å²) in [6, 6.07) is 4.39. The molecule has 108 valence electrons. The van der Waals surface area contributed by atoms with Gasteiger partial charge in [0.25, 0.3) is 0 Å². The normalized spacial score (nSPS) is 12.8. The van der Waals surface area contributed by atoms with Crippen LogP contribution in [0.3, 0.4) is 0 Å². The van der Waals surface area contributed by atoms with E-state index in [9.17, 15) is 0 Å². The number of nitrogens with zero attached hydrogens (tertiary/aromatic N) is 3. The highest BCUT2D eigenvalue weighted by Crippen LogP contribution is 2.28. The first-order chi connectivity index (χ1) is 9.01. The number of pyridine rings is 1. The maximum Gasteiger partial charge on any atom is 0.106 e. The van der Waals surface area contributed by atoms with Gasteiger partial charge in [-0.1, -0.05) is 0 Å². The molecular weight excluding hydrogens is 306 g/mol. The third kappa shape index (κ3) is 4.44. The van der Waals surface area contributed by atoms with Crippen LogP contribution in [-0.2, 0) is 4.74 Å². The zero-order valence-electron chi connectivity index (χ0n) is 12.5. The summed E-state index contributed by atoms with van der Waals surface area (Å²) in [4.78, 5) is 9.14. The molecule has 0 saturated heterocycles. The van der Waals surface area contributed by atoms with Gasteiger partial charge in [-0.25, -0.2) is 4.98 Å². The van der Waals surface area contributed by atoms with Crippen molar-refractivity contribution in [3.63, 3.8) is 0 Å². The summed E-state index contributed by atoms with van der Waals surface area (Å²) >= 11 is 3.46. The zero-order chi connectivity index (χ0) is 14.4. The number of anilines is 1. The van der Waals surface area contributed by atoms with Crippen molar-refractivity contribution in [2.45, 2.75) is 19.9 Å². The summed E-state index contributed by atoms with van der Waals surface area (Å²) in [5.41, 5.74) is 2.28. The molecule has 0 bridgehead atoms. The van der Waals surface area contributed by atoms with E-state index in [-0.39, 0.29) is 6.04 Å². The second kappa shape index (κ2) is 7.82. The number of halogens is 1. The van der Waals surface area contributed by atoms with Crippen molar-refractivity contribution in [3.05, 3.63) is 22.4 Å². The molecule has 0 aliphatic heterocycles. The number of hydrogen-bond acceptors (Lipinski definition) is 4. The Labute approximate surface area is 124 Å². The largest absolute Gasteiger partial charge is 0.383 e. The van der Waals surface area contributed by atoms with Gasteiger partial charge < -0.3 is 14.5 Å². The molecule has 0 amide bonds. The molecule has 0 saturated carbocycles. The maximum absolute atomic E-state index is 5.19. The second-order valence-corrected chi connectivity index (χ2v) is 5.56. The highest BCUT2D eigenvalue weighted by Gasteiger charge is 2.18. The van der Waals surface area contributed by atoms with E-state index < -0.39 is 0 Å². The molecule has 4 nitrogen and oxygen atoms in total. The van der Waals surface area contributed by atoms with Crippen LogP contribution in [0.1, 0.15) is 25.6 Å². The summed E-state index contributed by atoms with van der Waals surface area (Å²) in [5, 5.41) is 0. The van der Waals surface area contributed by atoms with Gasteiger partial charge in [-0.3, -0.25) is 0 Å². The van der Waals surface area contributed by atoms with Gasteiger partial charge >= 0.3 is 0 Å². The van der Waals surface area contributed by atoms with Crippen LogP contribution in [0.15, 0.2) is 16.7 Å². The molecular formula is C14H24BrN3O. The van der Waals surface area contributed by atoms with E-state index in [1.54, 1.807) is 7.11 Å². The van der Waals surface area contributed by atoms with Crippen molar-refractivity contribution in [1.82, 2.24) is 9.88 Å². The number of aromatic nitrogens is 1. The van der Waals surface area contributed by atoms with Crippen LogP contribution in [0.2, 0.25) is 0 Å². The topological polar surface area (TPSA) is 28.6 Å². The van der Waals surface area contributed by atoms with E-state index in [1.165, 1.54) is 5.69 Å². The standard InChI is InChI=1S/C14H24BrN3O/c1-6-18(9-10-19-5)12-7-8-13(15)16-14(12)11(2)17(3)4/h7-8,11H,6,9-10H2,1-5H3. The van der Waals surface area contributed by atoms with Crippen LogP contribution in [0.4, 0.5) is 5.69 Å². The van der Waals surface area contributed by atoms with Crippen LogP contribution in [0.5, 0.6) is 0 Å². The Morgan fingerprint density at radius 3 is 2.58 bits per heavy atom. The number of rotatable bonds is 7. The van der Waals surface area contributed by atoms with E-state index in [0.717, 1.165) is 30.0 Å². The second-order valence-electron chi connectivity index (χ2n) is 4.75. The fraction of sp³-hybridized carbons (Fsp3) is 0.643. The minimum absolute atomic E-state index is 0.268. The minimum atomic E-state index is 0.268. The van der Waals surface area contributed by atoms with Gasteiger partial charge in [0.15, 0.2) is 0 Å². The summed E-state index contributed by atoms with van der Waals surface area (Å²) < 4.78 is 6.06. The molecule has 0 aliphatic carbocycles. The third-order valence-corrected chi connectivity index (χ3v) is 3.77. The van der Waals surface area contributed by atoms with Crippen molar-refractivity contribution < 1.29 is 4.74 Å². The fourth-order valence-electron chi connectivity index (χ4n) is 1.91. The molecule has 0 fully saturated rings. The molecule has 0 spiro atoms. The molecule has 0 aromatic carbocycles. The Hall–Kier alpha value is -0.650. The van der Waals surface area contributed by atoms with Crippen LogP contribution >= 0.6 is 15.9 Å². The van der Waals surface area contributed by atoms with Crippen LogP contribution < -0.4 is 4.90 Å². The summed E-state index contributed by atoms with van der Waals surface area (Å²) in [6.45, 7) is 6.87. The van der Waals surface area contributed by atoms with Gasteiger partial charge in [0.1, 0.15) is 4.60 Å². The predicted octanol–water partition coefficient (Wildman–Crippen LogP) is 2.94. The van der Waals surface area contributed by atoms with Gasteiger partial charge in [-0.2, -0.15) is 0 Å². The lowest BCUT2D eigenvalue weighted by molar-refractivity contribution is 0.205. The first-order valence-corrected chi connectivity index (χ1v) is 7.37. The van der Waals surface area contributed by atoms with E-state index in [0.29, 0.717) is 0 Å². The fourth-order valence-corrected chi connectivity index (χ4v) is 2.24. The van der Waals surface area contributed by atoms with Crippen molar-refractivity contribution in [2.24, 2.45) is 0 Å². The molecule has 5 heteroatoms. The van der Waals surface area contributed by atoms with Crippen molar-refractivity contribution in [2.75, 3.05) is 45.8 Å². The number of hydrogen-bond donors (Lipinski definition) is 0. The predicted molar refractivity (Wildman–Crippen MR) is 83.8 cm³/mol. The minimum Gasteiger partial charge on any atom is -0.383 e. The van der Waals surface area contributed by atoms with Gasteiger partial charge in [-0.15, -0.1) is 0 Å². The first kappa shape index (κ1) is 16.4. The van der Waals surface area contributed by atoms with Crippen LogP contribution in [-0.4, -0.2) is 50.8 Å². The molecule has 1 aromatic rings. The van der Waals surface area contributed by atoms with Gasteiger partial charge in [0.2, 0.25) is 0 Å². The number of ether oxygens (including phenoxy) is 1. The molecule has 0 N–H and O–H groups in total. The lowest BCUT2D eigenvalue weighted by atomic mass is 10.1. The molecule has 0 radical (unpaired) electrons. The van der Waals surface area contributed by atoms with Gasteiger partial charge in [0, 0.05) is 20.2 Å². The number of methoxy groups -OCH3 is 1. The molecule has 19 heavy (non-hydrogen) atoms. The lowest BCUT2D eigenvalue weighted by Crippen LogP contribution is -2.30. The molecule has 1 aromatic heterocycles. The first-order valence-electron chi connectivity index (χ1n) is 6.58. The van der Waals surface area contributed by atoms with E-state index >= 15 is 0 Å². The highest BCUT2D eigenvalue weighted by atomic mass is 79.9. The van der Waals surface area contributed by atoms with Gasteiger partial charge in [-0.05, 0) is 56.0 Å². The van der Waals surface area contributed by atoms with E-state index in [2.05, 4.69) is 64.7 Å². The Kier molecular flexibility index (Phi) is 6.75. The molecule has 1 heterocycles. The van der Waals surface area contributed by atoms with E-state index in [1.807, 2.05) is 6.07 Å². The quantitative estimate of drug-likeness (QED) is 0.719. The van der Waals surface area contributed by atoms with Crippen LogP contribution in [0, 0.1) is 0 Å². The Morgan fingerprint density at radius 2 is 2.05 bits per heavy atom. The Bertz CT molecular complexity index is 398. The average molecular weight is 330 g/mol. The molecule has 1 rings (SSSR count). The zero-order valence-corrected chi connectivity index (χ0v) is 14.1. The lowest BCUT2D eigenvalue weighted by Gasteiger charge is -2.29.